The average molecular weight is 239 g/mol. The zero-order valence-electron chi connectivity index (χ0n) is 11.1. The molecule has 0 aliphatic rings. The van der Waals surface area contributed by atoms with Crippen molar-refractivity contribution in [3.05, 3.63) is 21.4 Å². The molecule has 0 fully saturated rings. The monoisotopic (exact) mass is 239 g/mol. The fourth-order valence-electron chi connectivity index (χ4n) is 1.88. The summed E-state index contributed by atoms with van der Waals surface area (Å²) in [5, 5.41) is 3.54. The molecule has 0 spiro atoms. The largest absolute Gasteiger partial charge is 0.313 e. The van der Waals surface area contributed by atoms with E-state index in [1.165, 1.54) is 34.6 Å². The van der Waals surface area contributed by atoms with Gasteiger partial charge in [-0.1, -0.05) is 26.7 Å². The van der Waals surface area contributed by atoms with Crippen LogP contribution in [0.1, 0.15) is 48.4 Å². The summed E-state index contributed by atoms with van der Waals surface area (Å²) in [6.45, 7) is 11.2. The van der Waals surface area contributed by atoms with E-state index in [-0.39, 0.29) is 0 Å². The maximum atomic E-state index is 3.54. The number of unbranched alkanes of at least 4 members (excludes halogenated alkanes) is 1. The molecule has 0 aliphatic carbocycles. The quantitative estimate of drug-likeness (QED) is 0.700. The van der Waals surface area contributed by atoms with Crippen LogP contribution >= 0.6 is 11.3 Å². The van der Waals surface area contributed by atoms with Crippen molar-refractivity contribution in [1.29, 1.82) is 0 Å². The Labute approximate surface area is 104 Å². The molecule has 0 aromatic carbocycles. The van der Waals surface area contributed by atoms with E-state index < -0.39 is 0 Å². The van der Waals surface area contributed by atoms with Crippen LogP contribution in [-0.4, -0.2) is 6.54 Å². The Hall–Kier alpha value is -0.340. The van der Waals surface area contributed by atoms with Crippen LogP contribution in [0, 0.1) is 19.8 Å². The van der Waals surface area contributed by atoms with E-state index in [1.54, 1.807) is 0 Å². The summed E-state index contributed by atoms with van der Waals surface area (Å²) in [4.78, 5) is 2.89. The van der Waals surface area contributed by atoms with Crippen molar-refractivity contribution in [1.82, 2.24) is 5.32 Å². The fraction of sp³-hybridized carbons (Fsp3) is 0.714. The van der Waals surface area contributed by atoms with E-state index >= 15 is 0 Å². The molecule has 0 bridgehead atoms. The average Bonchev–Trinajstić information content (AvgIpc) is 2.50. The molecule has 16 heavy (non-hydrogen) atoms. The van der Waals surface area contributed by atoms with Gasteiger partial charge < -0.3 is 5.32 Å². The molecular formula is C14H25NS. The van der Waals surface area contributed by atoms with Gasteiger partial charge in [0.25, 0.3) is 0 Å². The normalized spacial score (nSPS) is 11.3. The van der Waals surface area contributed by atoms with Gasteiger partial charge in [-0.2, -0.15) is 0 Å². The Morgan fingerprint density at radius 3 is 2.56 bits per heavy atom. The lowest BCUT2D eigenvalue weighted by atomic mass is 10.1. The Bertz CT molecular complexity index is 302. The van der Waals surface area contributed by atoms with Crippen LogP contribution in [0.4, 0.5) is 0 Å². The molecule has 1 aromatic rings. The molecule has 0 atom stereocenters. The van der Waals surface area contributed by atoms with Crippen LogP contribution in [0.5, 0.6) is 0 Å². The van der Waals surface area contributed by atoms with Crippen molar-refractivity contribution >= 4 is 11.3 Å². The van der Waals surface area contributed by atoms with Crippen molar-refractivity contribution in [2.24, 2.45) is 5.92 Å². The van der Waals surface area contributed by atoms with Crippen molar-refractivity contribution in [2.75, 3.05) is 6.54 Å². The van der Waals surface area contributed by atoms with Gasteiger partial charge >= 0.3 is 0 Å². The number of thiophene rings is 1. The lowest BCUT2D eigenvalue weighted by Crippen LogP contribution is -2.14. The fourth-order valence-corrected chi connectivity index (χ4v) is 2.83. The van der Waals surface area contributed by atoms with E-state index in [4.69, 9.17) is 0 Å². The van der Waals surface area contributed by atoms with Gasteiger partial charge in [0.2, 0.25) is 0 Å². The molecule has 0 saturated carbocycles. The van der Waals surface area contributed by atoms with E-state index in [1.807, 2.05) is 11.3 Å². The summed E-state index contributed by atoms with van der Waals surface area (Å²) in [5.41, 5.74) is 1.48. The van der Waals surface area contributed by atoms with Crippen LogP contribution in [0.3, 0.4) is 0 Å². The predicted molar refractivity (Wildman–Crippen MR) is 74.2 cm³/mol. The second kappa shape index (κ2) is 7.08. The summed E-state index contributed by atoms with van der Waals surface area (Å²) < 4.78 is 0. The second-order valence-corrected chi connectivity index (χ2v) is 6.47. The molecule has 2 heteroatoms. The van der Waals surface area contributed by atoms with E-state index in [0.717, 1.165) is 19.0 Å². The highest BCUT2D eigenvalue weighted by molar-refractivity contribution is 7.12. The molecule has 0 aliphatic heterocycles. The Kier molecular flexibility index (Phi) is 6.07. The second-order valence-electron chi connectivity index (χ2n) is 5.00. The van der Waals surface area contributed by atoms with Crippen molar-refractivity contribution in [3.63, 3.8) is 0 Å². The number of aryl methyl sites for hydroxylation is 2. The smallest absolute Gasteiger partial charge is 0.0216 e. The predicted octanol–water partition coefficient (Wildman–Crippen LogP) is 4.28. The highest BCUT2D eigenvalue weighted by atomic mass is 32.1. The molecule has 0 unspecified atom stereocenters. The van der Waals surface area contributed by atoms with E-state index in [2.05, 4.69) is 39.1 Å². The van der Waals surface area contributed by atoms with Crippen LogP contribution in [0.15, 0.2) is 6.07 Å². The molecule has 92 valence electrons. The first-order valence-electron chi connectivity index (χ1n) is 6.36. The molecule has 1 rings (SSSR count). The number of hydrogen-bond acceptors (Lipinski definition) is 2. The Morgan fingerprint density at radius 1 is 1.25 bits per heavy atom. The van der Waals surface area contributed by atoms with Crippen molar-refractivity contribution in [2.45, 2.75) is 53.5 Å². The molecule has 1 heterocycles. The minimum Gasteiger partial charge on any atom is -0.313 e. The first-order chi connectivity index (χ1) is 7.59. The number of hydrogen-bond donors (Lipinski definition) is 1. The van der Waals surface area contributed by atoms with Crippen LogP contribution in [0.25, 0.3) is 0 Å². The maximum absolute atomic E-state index is 3.54. The van der Waals surface area contributed by atoms with Gasteiger partial charge in [-0.3, -0.25) is 0 Å². The highest BCUT2D eigenvalue weighted by Gasteiger charge is 2.01. The maximum Gasteiger partial charge on any atom is 0.0216 e. The van der Waals surface area contributed by atoms with Crippen LogP contribution < -0.4 is 5.32 Å². The molecular weight excluding hydrogens is 214 g/mol. The van der Waals surface area contributed by atoms with E-state index in [0.29, 0.717) is 0 Å². The molecule has 0 radical (unpaired) electrons. The van der Waals surface area contributed by atoms with Gasteiger partial charge in [-0.25, -0.2) is 0 Å². The van der Waals surface area contributed by atoms with Gasteiger partial charge in [0.1, 0.15) is 0 Å². The lowest BCUT2D eigenvalue weighted by Gasteiger charge is -2.06. The van der Waals surface area contributed by atoms with Gasteiger partial charge in [0, 0.05) is 16.3 Å². The lowest BCUT2D eigenvalue weighted by molar-refractivity contribution is 0.520. The highest BCUT2D eigenvalue weighted by Crippen LogP contribution is 2.20. The van der Waals surface area contributed by atoms with Crippen LogP contribution in [-0.2, 0) is 6.54 Å². The SMILES string of the molecule is Cc1cc(CNCCCCC(C)C)c(C)s1. The topological polar surface area (TPSA) is 12.0 Å². The van der Waals surface area contributed by atoms with Gasteiger partial charge in [-0.05, 0) is 44.4 Å². The van der Waals surface area contributed by atoms with Gasteiger partial charge in [-0.15, -0.1) is 11.3 Å². The summed E-state index contributed by atoms with van der Waals surface area (Å²) in [7, 11) is 0. The third-order valence-electron chi connectivity index (χ3n) is 2.84. The summed E-state index contributed by atoms with van der Waals surface area (Å²) in [5.74, 6) is 0.849. The van der Waals surface area contributed by atoms with E-state index in [9.17, 15) is 0 Å². The van der Waals surface area contributed by atoms with Crippen molar-refractivity contribution < 1.29 is 0 Å². The minimum atomic E-state index is 0.849. The minimum absolute atomic E-state index is 0.849. The van der Waals surface area contributed by atoms with Crippen molar-refractivity contribution in [3.8, 4) is 0 Å². The molecule has 1 aromatic heterocycles. The summed E-state index contributed by atoms with van der Waals surface area (Å²) >= 11 is 1.90. The molecule has 0 saturated heterocycles. The first kappa shape index (κ1) is 13.7. The van der Waals surface area contributed by atoms with Gasteiger partial charge in [0.15, 0.2) is 0 Å². The Morgan fingerprint density at radius 2 is 2.00 bits per heavy atom. The summed E-state index contributed by atoms with van der Waals surface area (Å²) in [6, 6.07) is 2.31. The molecule has 0 amide bonds. The van der Waals surface area contributed by atoms with Crippen LogP contribution in [0.2, 0.25) is 0 Å². The number of rotatable bonds is 7. The third kappa shape index (κ3) is 5.13. The number of nitrogens with one attached hydrogen (secondary N) is 1. The van der Waals surface area contributed by atoms with Gasteiger partial charge in [0.05, 0.1) is 0 Å². The Balaban J connectivity index is 2.09. The molecule has 1 nitrogen and oxygen atoms in total. The molecule has 1 N–H and O–H groups in total. The zero-order chi connectivity index (χ0) is 12.0. The first-order valence-corrected chi connectivity index (χ1v) is 7.18. The standard InChI is InChI=1S/C14H25NS/c1-11(2)7-5-6-8-15-10-14-9-12(3)16-13(14)4/h9,11,15H,5-8,10H2,1-4H3. The third-order valence-corrected chi connectivity index (χ3v) is 3.85. The zero-order valence-corrected chi connectivity index (χ0v) is 11.9. The summed E-state index contributed by atoms with van der Waals surface area (Å²) in [6.07, 6.45) is 4.02.